The molecule has 1 aromatic heterocycles. The van der Waals surface area contributed by atoms with Gasteiger partial charge in [0.2, 0.25) is 5.91 Å². The van der Waals surface area contributed by atoms with E-state index in [0.717, 1.165) is 18.7 Å². The minimum Gasteiger partial charge on any atom is -0.352 e. The molecular weight excluding hydrogens is 242 g/mol. The summed E-state index contributed by atoms with van der Waals surface area (Å²) in [6.07, 6.45) is 7.64. The Morgan fingerprint density at radius 1 is 1.47 bits per heavy atom. The Hall–Kier alpha value is -1.43. The Labute approximate surface area is 114 Å². The highest BCUT2D eigenvalue weighted by Crippen LogP contribution is 2.17. The number of hydrogen-bond donors (Lipinski definition) is 2. The Morgan fingerprint density at radius 3 is 2.84 bits per heavy atom. The summed E-state index contributed by atoms with van der Waals surface area (Å²) in [5.74, 6) is 0.909. The second kappa shape index (κ2) is 6.65. The minimum absolute atomic E-state index is 0.0778. The lowest BCUT2D eigenvalue weighted by atomic mass is 9.95. The van der Waals surface area contributed by atoms with E-state index in [9.17, 15) is 4.79 Å². The first kappa shape index (κ1) is 14.0. The highest BCUT2D eigenvalue weighted by atomic mass is 16.2. The number of nitrogens with one attached hydrogen (secondary N) is 2. The van der Waals surface area contributed by atoms with Crippen molar-refractivity contribution in [2.24, 2.45) is 7.05 Å². The molecule has 19 heavy (non-hydrogen) atoms. The van der Waals surface area contributed by atoms with Crippen LogP contribution in [0.25, 0.3) is 0 Å². The zero-order chi connectivity index (χ0) is 13.7. The molecule has 0 aromatic carbocycles. The Kier molecular flexibility index (Phi) is 4.90. The lowest BCUT2D eigenvalue weighted by Gasteiger charge is -2.24. The zero-order valence-electron chi connectivity index (χ0n) is 11.7. The van der Waals surface area contributed by atoms with Crippen LogP contribution in [0.3, 0.4) is 0 Å². The second-order valence-corrected chi connectivity index (χ2v) is 5.30. The second-order valence-electron chi connectivity index (χ2n) is 5.30. The molecule has 1 amide bonds. The van der Waals surface area contributed by atoms with E-state index in [1.807, 2.05) is 18.5 Å². The molecule has 1 unspecified atom stereocenters. The summed E-state index contributed by atoms with van der Waals surface area (Å²) in [4.78, 5) is 12.0. The van der Waals surface area contributed by atoms with Crippen LogP contribution in [0, 0.1) is 0 Å². The Balaban J connectivity index is 1.74. The minimum atomic E-state index is -0.210. The summed E-state index contributed by atoms with van der Waals surface area (Å²) >= 11 is 0. The maximum atomic E-state index is 12.0. The van der Waals surface area contributed by atoms with E-state index in [-0.39, 0.29) is 11.9 Å². The number of aromatic nitrogens is 3. The molecule has 1 heterocycles. The highest BCUT2D eigenvalue weighted by molar-refractivity contribution is 5.81. The molecule has 1 aliphatic carbocycles. The molecule has 1 fully saturated rings. The van der Waals surface area contributed by atoms with Gasteiger partial charge in [-0.15, -0.1) is 10.2 Å². The number of nitrogens with zero attached hydrogens (tertiary/aromatic N) is 3. The summed E-state index contributed by atoms with van der Waals surface area (Å²) in [5, 5.41) is 14.1. The van der Waals surface area contributed by atoms with Crippen LogP contribution in [0.2, 0.25) is 0 Å². The summed E-state index contributed by atoms with van der Waals surface area (Å²) in [7, 11) is 1.89. The van der Waals surface area contributed by atoms with Crippen molar-refractivity contribution >= 4 is 5.91 Å². The molecule has 0 bridgehead atoms. The van der Waals surface area contributed by atoms with Gasteiger partial charge in [-0.25, -0.2) is 0 Å². The fourth-order valence-corrected chi connectivity index (χ4v) is 2.38. The van der Waals surface area contributed by atoms with Crippen molar-refractivity contribution in [2.45, 2.75) is 57.7 Å². The van der Waals surface area contributed by atoms with Crippen molar-refractivity contribution in [1.29, 1.82) is 0 Å². The first-order chi connectivity index (χ1) is 9.16. The van der Waals surface area contributed by atoms with Crippen molar-refractivity contribution < 1.29 is 4.79 Å². The summed E-state index contributed by atoms with van der Waals surface area (Å²) in [6.45, 7) is 2.43. The molecule has 0 radical (unpaired) electrons. The van der Waals surface area contributed by atoms with Crippen molar-refractivity contribution in [3.05, 3.63) is 12.2 Å². The largest absolute Gasteiger partial charge is 0.352 e. The highest BCUT2D eigenvalue weighted by Gasteiger charge is 2.19. The smallest absolute Gasteiger partial charge is 0.237 e. The fraction of sp³-hybridized carbons (Fsp3) is 0.769. The molecule has 2 N–H and O–H groups in total. The third kappa shape index (κ3) is 4.02. The third-order valence-corrected chi connectivity index (χ3v) is 3.72. The van der Waals surface area contributed by atoms with E-state index in [2.05, 4.69) is 20.8 Å². The van der Waals surface area contributed by atoms with E-state index in [0.29, 0.717) is 12.6 Å². The van der Waals surface area contributed by atoms with Gasteiger partial charge in [0.05, 0.1) is 12.6 Å². The van der Waals surface area contributed by atoms with Gasteiger partial charge in [0, 0.05) is 13.1 Å². The summed E-state index contributed by atoms with van der Waals surface area (Å²) in [6, 6.07) is 0.152. The first-order valence-electron chi connectivity index (χ1n) is 7.03. The van der Waals surface area contributed by atoms with Crippen LogP contribution in [0.1, 0.15) is 44.9 Å². The molecule has 1 aliphatic rings. The Bertz CT molecular complexity index is 411. The van der Waals surface area contributed by atoms with Gasteiger partial charge < -0.3 is 9.88 Å². The average Bonchev–Trinajstić information content (AvgIpc) is 2.82. The maximum Gasteiger partial charge on any atom is 0.237 e. The van der Waals surface area contributed by atoms with E-state index in [4.69, 9.17) is 0 Å². The molecule has 6 nitrogen and oxygen atoms in total. The molecule has 0 aliphatic heterocycles. The van der Waals surface area contributed by atoms with Crippen molar-refractivity contribution in [1.82, 2.24) is 25.4 Å². The molecule has 2 rings (SSSR count). The number of rotatable bonds is 5. The molecule has 1 aromatic rings. The topological polar surface area (TPSA) is 71.8 Å². The molecule has 0 spiro atoms. The van der Waals surface area contributed by atoms with E-state index >= 15 is 0 Å². The van der Waals surface area contributed by atoms with E-state index < -0.39 is 0 Å². The van der Waals surface area contributed by atoms with Crippen molar-refractivity contribution in [2.75, 3.05) is 0 Å². The maximum absolute atomic E-state index is 12.0. The van der Waals surface area contributed by atoms with E-state index in [1.165, 1.54) is 19.3 Å². The monoisotopic (exact) mass is 265 g/mol. The standard InChI is InChI=1S/C13H23N5O/c1-10(14-8-12-17-15-9-18(12)2)13(19)16-11-6-4-3-5-7-11/h9-11,14H,3-8H2,1-2H3,(H,16,19). The van der Waals surface area contributed by atoms with Gasteiger partial charge in [-0.3, -0.25) is 10.1 Å². The van der Waals surface area contributed by atoms with Crippen molar-refractivity contribution in [3.8, 4) is 0 Å². The lowest BCUT2D eigenvalue weighted by Crippen LogP contribution is -2.46. The van der Waals surface area contributed by atoms with Crippen LogP contribution in [0.15, 0.2) is 6.33 Å². The van der Waals surface area contributed by atoms with Gasteiger partial charge in [0.15, 0.2) is 0 Å². The zero-order valence-corrected chi connectivity index (χ0v) is 11.7. The summed E-state index contributed by atoms with van der Waals surface area (Å²) in [5.41, 5.74) is 0. The number of carbonyl (C=O) groups excluding carboxylic acids is 1. The molecule has 0 saturated heterocycles. The average molecular weight is 265 g/mol. The molecule has 106 valence electrons. The van der Waals surface area contributed by atoms with Gasteiger partial charge in [-0.1, -0.05) is 19.3 Å². The first-order valence-corrected chi connectivity index (χ1v) is 7.03. The number of aryl methyl sites for hydroxylation is 1. The van der Waals surface area contributed by atoms with Gasteiger partial charge in [0.25, 0.3) is 0 Å². The third-order valence-electron chi connectivity index (χ3n) is 3.72. The molecule has 1 saturated carbocycles. The number of amides is 1. The fourth-order valence-electron chi connectivity index (χ4n) is 2.38. The van der Waals surface area contributed by atoms with Crippen LogP contribution in [0.4, 0.5) is 0 Å². The number of hydrogen-bond acceptors (Lipinski definition) is 4. The molecule has 1 atom stereocenters. The predicted molar refractivity (Wildman–Crippen MR) is 72.3 cm³/mol. The van der Waals surface area contributed by atoms with Crippen molar-refractivity contribution in [3.63, 3.8) is 0 Å². The number of carbonyl (C=O) groups is 1. The van der Waals surface area contributed by atoms with E-state index in [1.54, 1.807) is 6.33 Å². The van der Waals surface area contributed by atoms with Gasteiger partial charge in [-0.05, 0) is 19.8 Å². The van der Waals surface area contributed by atoms with Crippen LogP contribution in [-0.4, -0.2) is 32.8 Å². The van der Waals surface area contributed by atoms with Gasteiger partial charge in [0.1, 0.15) is 12.2 Å². The van der Waals surface area contributed by atoms with Crippen LogP contribution >= 0.6 is 0 Å². The quantitative estimate of drug-likeness (QED) is 0.824. The Morgan fingerprint density at radius 2 is 2.21 bits per heavy atom. The van der Waals surface area contributed by atoms with Crippen LogP contribution in [-0.2, 0) is 18.4 Å². The molecule has 6 heteroatoms. The van der Waals surface area contributed by atoms with Gasteiger partial charge in [-0.2, -0.15) is 0 Å². The van der Waals surface area contributed by atoms with Crippen LogP contribution < -0.4 is 10.6 Å². The normalized spacial score (nSPS) is 18.2. The van der Waals surface area contributed by atoms with Crippen LogP contribution in [0.5, 0.6) is 0 Å². The van der Waals surface area contributed by atoms with Gasteiger partial charge >= 0.3 is 0 Å². The molecular formula is C13H23N5O. The summed E-state index contributed by atoms with van der Waals surface area (Å²) < 4.78 is 1.85. The predicted octanol–water partition coefficient (Wildman–Crippen LogP) is 0.742. The SMILES string of the molecule is CC(NCc1nncn1C)C(=O)NC1CCCCC1. The lowest BCUT2D eigenvalue weighted by molar-refractivity contribution is -0.123.